The highest BCUT2D eigenvalue weighted by atomic mass is 79.9. The Labute approximate surface area is 90.5 Å². The Hall–Kier alpha value is -0.340. The molecule has 13 heavy (non-hydrogen) atoms. The van der Waals surface area contributed by atoms with Gasteiger partial charge < -0.3 is 0 Å². The van der Waals surface area contributed by atoms with Gasteiger partial charge in [-0.05, 0) is 40.0 Å². The third kappa shape index (κ3) is 3.49. The number of hydrogen-bond acceptors (Lipinski definition) is 0. The minimum Gasteiger partial charge on any atom is -0.206 e. The molecule has 3 heteroatoms. The summed E-state index contributed by atoms with van der Waals surface area (Å²) in [5, 5.41) is 0. The van der Waals surface area contributed by atoms with Crippen LogP contribution in [0.5, 0.6) is 0 Å². The van der Waals surface area contributed by atoms with E-state index in [9.17, 15) is 4.39 Å². The van der Waals surface area contributed by atoms with Crippen molar-refractivity contribution >= 4 is 33.6 Å². The molecule has 0 nitrogen and oxygen atoms in total. The summed E-state index contributed by atoms with van der Waals surface area (Å²) in [7, 11) is 0. The minimum atomic E-state index is -0.241. The van der Waals surface area contributed by atoms with E-state index in [2.05, 4.69) is 15.9 Å². The molecule has 0 aliphatic rings. The molecule has 0 bridgehead atoms. The lowest BCUT2D eigenvalue weighted by atomic mass is 10.2. The van der Waals surface area contributed by atoms with E-state index in [1.165, 1.54) is 6.07 Å². The van der Waals surface area contributed by atoms with Gasteiger partial charge in [0.05, 0.1) is 4.47 Å². The molecule has 1 aromatic rings. The van der Waals surface area contributed by atoms with Crippen LogP contribution in [0.4, 0.5) is 4.39 Å². The van der Waals surface area contributed by atoms with Crippen molar-refractivity contribution in [2.45, 2.75) is 6.42 Å². The van der Waals surface area contributed by atoms with E-state index in [1.54, 1.807) is 12.1 Å². The third-order valence-electron chi connectivity index (χ3n) is 1.53. The second-order valence-corrected chi connectivity index (χ2v) is 3.79. The van der Waals surface area contributed by atoms with Crippen molar-refractivity contribution in [1.29, 1.82) is 0 Å². The van der Waals surface area contributed by atoms with Gasteiger partial charge in [0.1, 0.15) is 5.82 Å². The SMILES string of the molecule is Fc1ccc(C=CCCCl)cc1Br. The monoisotopic (exact) mass is 262 g/mol. The highest BCUT2D eigenvalue weighted by Crippen LogP contribution is 2.17. The molecule has 70 valence electrons. The summed E-state index contributed by atoms with van der Waals surface area (Å²) in [6.07, 6.45) is 4.72. The first kappa shape index (κ1) is 10.7. The van der Waals surface area contributed by atoms with Gasteiger partial charge in [-0.3, -0.25) is 0 Å². The molecule has 0 atom stereocenters. The molecule has 1 aromatic carbocycles. The molecule has 1 rings (SSSR count). The van der Waals surface area contributed by atoms with E-state index in [1.807, 2.05) is 12.2 Å². The lowest BCUT2D eigenvalue weighted by Crippen LogP contribution is -1.78. The second-order valence-electron chi connectivity index (χ2n) is 2.55. The van der Waals surface area contributed by atoms with Gasteiger partial charge in [-0.25, -0.2) is 4.39 Å². The number of benzene rings is 1. The van der Waals surface area contributed by atoms with Gasteiger partial charge in [0.25, 0.3) is 0 Å². The first-order valence-corrected chi connectivity index (χ1v) is 5.24. The zero-order valence-corrected chi connectivity index (χ0v) is 9.28. The maximum absolute atomic E-state index is 12.8. The Morgan fingerprint density at radius 2 is 2.23 bits per heavy atom. The lowest BCUT2D eigenvalue weighted by Gasteiger charge is -1.96. The maximum atomic E-state index is 12.8. The van der Waals surface area contributed by atoms with Crippen LogP contribution < -0.4 is 0 Å². The predicted octanol–water partition coefficient (Wildman–Crippen LogP) is 4.23. The highest BCUT2D eigenvalue weighted by molar-refractivity contribution is 9.10. The van der Waals surface area contributed by atoms with Gasteiger partial charge in [0, 0.05) is 5.88 Å². The van der Waals surface area contributed by atoms with Gasteiger partial charge >= 0.3 is 0 Å². The predicted molar refractivity (Wildman–Crippen MR) is 58.5 cm³/mol. The smallest absolute Gasteiger partial charge is 0.137 e. The topological polar surface area (TPSA) is 0 Å². The molecule has 0 unspecified atom stereocenters. The summed E-state index contributed by atoms with van der Waals surface area (Å²) in [5.74, 6) is 0.369. The fourth-order valence-electron chi connectivity index (χ4n) is 0.898. The Bertz CT molecular complexity index is 310. The summed E-state index contributed by atoms with van der Waals surface area (Å²) < 4.78 is 13.3. The summed E-state index contributed by atoms with van der Waals surface area (Å²) >= 11 is 8.62. The summed E-state index contributed by atoms with van der Waals surface area (Å²) in [4.78, 5) is 0. The number of rotatable bonds is 3. The quantitative estimate of drug-likeness (QED) is 0.716. The second kappa shape index (κ2) is 5.40. The molecular formula is C10H9BrClF. The molecule has 0 aliphatic heterocycles. The first-order valence-electron chi connectivity index (χ1n) is 3.91. The van der Waals surface area contributed by atoms with Crippen LogP contribution in [0, 0.1) is 5.82 Å². The molecule has 0 amide bonds. The largest absolute Gasteiger partial charge is 0.206 e. The maximum Gasteiger partial charge on any atom is 0.137 e. The van der Waals surface area contributed by atoms with Gasteiger partial charge in [-0.2, -0.15) is 0 Å². The molecule has 0 fully saturated rings. The molecule has 0 heterocycles. The van der Waals surface area contributed by atoms with Crippen LogP contribution in [0.3, 0.4) is 0 Å². The van der Waals surface area contributed by atoms with Crippen LogP contribution in [-0.4, -0.2) is 5.88 Å². The molecular weight excluding hydrogens is 254 g/mol. The Morgan fingerprint density at radius 1 is 1.46 bits per heavy atom. The number of alkyl halides is 1. The average Bonchev–Trinajstić information content (AvgIpc) is 2.12. The van der Waals surface area contributed by atoms with Gasteiger partial charge in [-0.1, -0.05) is 18.2 Å². The van der Waals surface area contributed by atoms with E-state index < -0.39 is 0 Å². The molecule has 0 saturated heterocycles. The number of halogens is 3. The van der Waals surface area contributed by atoms with E-state index in [4.69, 9.17) is 11.6 Å². The third-order valence-corrected chi connectivity index (χ3v) is 2.36. The van der Waals surface area contributed by atoms with E-state index in [0.717, 1.165) is 12.0 Å². The van der Waals surface area contributed by atoms with Gasteiger partial charge in [-0.15, -0.1) is 11.6 Å². The Morgan fingerprint density at radius 3 is 2.85 bits per heavy atom. The fraction of sp³-hybridized carbons (Fsp3) is 0.200. The van der Waals surface area contributed by atoms with Gasteiger partial charge in [0.15, 0.2) is 0 Å². The van der Waals surface area contributed by atoms with Crippen LogP contribution in [0.1, 0.15) is 12.0 Å². The average molecular weight is 264 g/mol. The normalized spacial score (nSPS) is 11.0. The van der Waals surface area contributed by atoms with Crippen LogP contribution in [0.25, 0.3) is 6.08 Å². The van der Waals surface area contributed by atoms with Crippen molar-refractivity contribution in [1.82, 2.24) is 0 Å². The molecule has 0 aliphatic carbocycles. The molecule has 0 spiro atoms. The molecule has 0 saturated carbocycles. The zero-order chi connectivity index (χ0) is 9.68. The van der Waals surface area contributed by atoms with Crippen molar-refractivity contribution < 1.29 is 4.39 Å². The zero-order valence-electron chi connectivity index (χ0n) is 6.93. The van der Waals surface area contributed by atoms with Crippen molar-refractivity contribution in [3.05, 3.63) is 40.1 Å². The van der Waals surface area contributed by atoms with E-state index in [-0.39, 0.29) is 5.82 Å². The highest BCUT2D eigenvalue weighted by Gasteiger charge is 1.96. The summed E-state index contributed by atoms with van der Waals surface area (Å²) in [6.45, 7) is 0. The first-order chi connectivity index (χ1) is 6.24. The summed E-state index contributed by atoms with van der Waals surface area (Å²) in [5.41, 5.74) is 0.971. The fourth-order valence-corrected chi connectivity index (χ4v) is 1.42. The Kier molecular flexibility index (Phi) is 4.46. The van der Waals surface area contributed by atoms with Crippen LogP contribution in [0.2, 0.25) is 0 Å². The summed E-state index contributed by atoms with van der Waals surface area (Å²) in [6, 6.07) is 4.90. The molecule has 0 N–H and O–H groups in total. The van der Waals surface area contributed by atoms with Crippen LogP contribution >= 0.6 is 27.5 Å². The number of allylic oxidation sites excluding steroid dienone is 1. The van der Waals surface area contributed by atoms with E-state index in [0.29, 0.717) is 10.4 Å². The standard InChI is InChI=1S/C10H9BrClF/c11-9-7-8(3-1-2-6-12)4-5-10(9)13/h1,3-5,7H,2,6H2. The Balaban J connectivity index is 2.73. The van der Waals surface area contributed by atoms with Crippen molar-refractivity contribution in [2.24, 2.45) is 0 Å². The van der Waals surface area contributed by atoms with Crippen LogP contribution in [0.15, 0.2) is 28.7 Å². The van der Waals surface area contributed by atoms with Crippen molar-refractivity contribution in [2.75, 3.05) is 5.88 Å². The number of hydrogen-bond donors (Lipinski definition) is 0. The van der Waals surface area contributed by atoms with Crippen molar-refractivity contribution in [3.63, 3.8) is 0 Å². The van der Waals surface area contributed by atoms with Gasteiger partial charge in [0.2, 0.25) is 0 Å². The molecule has 0 radical (unpaired) electrons. The molecule has 0 aromatic heterocycles. The van der Waals surface area contributed by atoms with E-state index >= 15 is 0 Å². The lowest BCUT2D eigenvalue weighted by molar-refractivity contribution is 0.621. The van der Waals surface area contributed by atoms with Crippen molar-refractivity contribution in [3.8, 4) is 0 Å². The van der Waals surface area contributed by atoms with Crippen LogP contribution in [-0.2, 0) is 0 Å². The minimum absolute atomic E-state index is 0.241.